The van der Waals surface area contributed by atoms with Crippen LogP contribution in [0, 0.1) is 13.8 Å². The summed E-state index contributed by atoms with van der Waals surface area (Å²) < 4.78 is 11.2. The molecule has 0 heterocycles. The molecule has 1 N–H and O–H groups in total. The van der Waals surface area contributed by atoms with Crippen LogP contribution in [-0.2, 0) is 6.54 Å². The highest BCUT2D eigenvalue weighted by molar-refractivity contribution is 5.35. The number of rotatable bonds is 9. The molecule has 0 fully saturated rings. The molecule has 0 radical (unpaired) electrons. The predicted octanol–water partition coefficient (Wildman–Crippen LogP) is 5.04. The molecule has 0 aliphatic rings. The Kier molecular flexibility index (Phi) is 6.89. The molecule has 0 saturated carbocycles. The number of methoxy groups -OCH3 is 1. The van der Waals surface area contributed by atoms with E-state index in [9.17, 15) is 0 Å². The van der Waals surface area contributed by atoms with Crippen LogP contribution in [0.1, 0.15) is 43.4 Å². The summed E-state index contributed by atoms with van der Waals surface area (Å²) in [4.78, 5) is 0. The van der Waals surface area contributed by atoms with E-state index in [1.54, 1.807) is 7.11 Å². The molecule has 0 spiro atoms. The number of hydrogen-bond donors (Lipinski definition) is 1. The first-order valence-corrected chi connectivity index (χ1v) is 8.98. The first-order valence-electron chi connectivity index (χ1n) is 8.98. The van der Waals surface area contributed by atoms with Crippen LogP contribution >= 0.6 is 0 Å². The Bertz CT molecular complexity index is 662. The summed E-state index contributed by atoms with van der Waals surface area (Å²) in [7, 11) is 1.69. The predicted molar refractivity (Wildman–Crippen MR) is 105 cm³/mol. The van der Waals surface area contributed by atoms with Gasteiger partial charge in [0.2, 0.25) is 0 Å². The SMILES string of the molecule is COc1ccc(CNC(C)(C)CCCOc2cc(C)ccc2C)cc1. The third kappa shape index (κ3) is 6.43. The zero-order valence-electron chi connectivity index (χ0n) is 16.2. The van der Waals surface area contributed by atoms with Gasteiger partial charge in [-0.05, 0) is 75.4 Å². The first-order chi connectivity index (χ1) is 11.9. The number of benzene rings is 2. The topological polar surface area (TPSA) is 30.5 Å². The smallest absolute Gasteiger partial charge is 0.122 e. The van der Waals surface area contributed by atoms with E-state index < -0.39 is 0 Å². The van der Waals surface area contributed by atoms with Crippen molar-refractivity contribution >= 4 is 0 Å². The average molecular weight is 341 g/mol. The normalized spacial score (nSPS) is 11.4. The van der Waals surface area contributed by atoms with E-state index in [1.165, 1.54) is 16.7 Å². The molecule has 0 atom stereocenters. The quantitative estimate of drug-likeness (QED) is 0.648. The van der Waals surface area contributed by atoms with Crippen molar-refractivity contribution in [1.29, 1.82) is 0 Å². The monoisotopic (exact) mass is 341 g/mol. The molecular formula is C22H31NO2. The zero-order chi connectivity index (χ0) is 18.3. The van der Waals surface area contributed by atoms with E-state index >= 15 is 0 Å². The Morgan fingerprint density at radius 1 is 1.00 bits per heavy atom. The first kappa shape index (κ1) is 19.3. The van der Waals surface area contributed by atoms with Crippen molar-refractivity contribution in [2.24, 2.45) is 0 Å². The molecule has 136 valence electrons. The minimum absolute atomic E-state index is 0.0743. The van der Waals surface area contributed by atoms with Crippen molar-refractivity contribution in [3.63, 3.8) is 0 Å². The van der Waals surface area contributed by atoms with Crippen molar-refractivity contribution in [2.45, 2.75) is 52.6 Å². The van der Waals surface area contributed by atoms with Gasteiger partial charge in [-0.3, -0.25) is 0 Å². The lowest BCUT2D eigenvalue weighted by molar-refractivity contribution is 0.269. The second kappa shape index (κ2) is 8.91. The van der Waals surface area contributed by atoms with Crippen molar-refractivity contribution < 1.29 is 9.47 Å². The molecule has 2 rings (SSSR count). The average Bonchev–Trinajstić information content (AvgIpc) is 2.60. The Labute approximate surface area is 152 Å². The minimum Gasteiger partial charge on any atom is -0.497 e. The van der Waals surface area contributed by atoms with Crippen LogP contribution in [0.4, 0.5) is 0 Å². The van der Waals surface area contributed by atoms with Gasteiger partial charge in [-0.25, -0.2) is 0 Å². The summed E-state index contributed by atoms with van der Waals surface area (Å²) in [5.41, 5.74) is 3.77. The Balaban J connectivity index is 1.74. The minimum atomic E-state index is 0.0743. The van der Waals surface area contributed by atoms with Gasteiger partial charge in [-0.15, -0.1) is 0 Å². The molecule has 0 amide bonds. The lowest BCUT2D eigenvalue weighted by atomic mass is 9.98. The fourth-order valence-electron chi connectivity index (χ4n) is 2.73. The molecular weight excluding hydrogens is 310 g/mol. The highest BCUT2D eigenvalue weighted by atomic mass is 16.5. The molecule has 0 unspecified atom stereocenters. The maximum absolute atomic E-state index is 5.96. The number of nitrogens with one attached hydrogen (secondary N) is 1. The fraction of sp³-hybridized carbons (Fsp3) is 0.455. The van der Waals surface area contributed by atoms with Crippen LogP contribution in [0.15, 0.2) is 42.5 Å². The summed E-state index contributed by atoms with van der Waals surface area (Å²) in [5.74, 6) is 1.90. The van der Waals surface area contributed by atoms with Gasteiger partial charge in [0.15, 0.2) is 0 Å². The summed E-state index contributed by atoms with van der Waals surface area (Å²) in [6, 6.07) is 14.6. The van der Waals surface area contributed by atoms with E-state index in [1.807, 2.05) is 12.1 Å². The molecule has 0 aliphatic heterocycles. The van der Waals surface area contributed by atoms with Gasteiger partial charge < -0.3 is 14.8 Å². The summed E-state index contributed by atoms with van der Waals surface area (Å²) in [5, 5.41) is 3.64. The number of hydrogen-bond acceptors (Lipinski definition) is 3. The summed E-state index contributed by atoms with van der Waals surface area (Å²) >= 11 is 0. The maximum Gasteiger partial charge on any atom is 0.122 e. The fourth-order valence-corrected chi connectivity index (χ4v) is 2.73. The van der Waals surface area contributed by atoms with Crippen molar-refractivity contribution in [1.82, 2.24) is 5.32 Å². The molecule has 2 aromatic carbocycles. The molecule has 3 heteroatoms. The van der Waals surface area contributed by atoms with E-state index in [4.69, 9.17) is 9.47 Å². The molecule has 2 aromatic rings. The Morgan fingerprint density at radius 3 is 2.40 bits per heavy atom. The van der Waals surface area contributed by atoms with Crippen LogP contribution in [0.25, 0.3) is 0 Å². The van der Waals surface area contributed by atoms with Gasteiger partial charge in [-0.2, -0.15) is 0 Å². The van der Waals surface area contributed by atoms with Crippen molar-refractivity contribution in [2.75, 3.05) is 13.7 Å². The van der Waals surface area contributed by atoms with Gasteiger partial charge >= 0.3 is 0 Å². The van der Waals surface area contributed by atoms with Gasteiger partial charge in [0.1, 0.15) is 11.5 Å². The lowest BCUT2D eigenvalue weighted by Crippen LogP contribution is -2.38. The van der Waals surface area contributed by atoms with E-state index in [-0.39, 0.29) is 5.54 Å². The lowest BCUT2D eigenvalue weighted by Gasteiger charge is -2.26. The summed E-state index contributed by atoms with van der Waals surface area (Å²) in [6.45, 7) is 10.3. The van der Waals surface area contributed by atoms with Crippen LogP contribution in [0.5, 0.6) is 11.5 Å². The highest BCUT2D eigenvalue weighted by Crippen LogP contribution is 2.20. The Hall–Kier alpha value is -2.00. The number of aryl methyl sites for hydroxylation is 2. The second-order valence-electron chi connectivity index (χ2n) is 7.31. The highest BCUT2D eigenvalue weighted by Gasteiger charge is 2.16. The van der Waals surface area contributed by atoms with Gasteiger partial charge in [0.25, 0.3) is 0 Å². The van der Waals surface area contributed by atoms with E-state index in [2.05, 4.69) is 63.3 Å². The van der Waals surface area contributed by atoms with Crippen molar-refractivity contribution in [3.8, 4) is 11.5 Å². The molecule has 0 aliphatic carbocycles. The molecule has 0 aromatic heterocycles. The maximum atomic E-state index is 5.96. The molecule has 25 heavy (non-hydrogen) atoms. The van der Waals surface area contributed by atoms with Gasteiger partial charge in [-0.1, -0.05) is 24.3 Å². The molecule has 0 saturated heterocycles. The number of ether oxygens (including phenoxy) is 2. The third-order valence-electron chi connectivity index (χ3n) is 4.48. The van der Waals surface area contributed by atoms with Crippen LogP contribution in [-0.4, -0.2) is 19.3 Å². The van der Waals surface area contributed by atoms with Gasteiger partial charge in [0, 0.05) is 12.1 Å². The van der Waals surface area contributed by atoms with E-state index in [0.29, 0.717) is 0 Å². The van der Waals surface area contributed by atoms with Crippen LogP contribution in [0.2, 0.25) is 0 Å². The van der Waals surface area contributed by atoms with Crippen molar-refractivity contribution in [3.05, 3.63) is 59.2 Å². The van der Waals surface area contributed by atoms with Gasteiger partial charge in [0.05, 0.1) is 13.7 Å². The second-order valence-corrected chi connectivity index (χ2v) is 7.31. The van der Waals surface area contributed by atoms with Crippen LogP contribution in [0.3, 0.4) is 0 Å². The largest absolute Gasteiger partial charge is 0.497 e. The van der Waals surface area contributed by atoms with E-state index in [0.717, 1.165) is 37.5 Å². The standard InChI is InChI=1S/C22H31NO2/c1-17-7-8-18(2)21(15-17)25-14-6-13-22(3,4)23-16-19-9-11-20(24-5)12-10-19/h7-12,15,23H,6,13-14,16H2,1-5H3. The summed E-state index contributed by atoms with van der Waals surface area (Å²) in [6.07, 6.45) is 2.09. The third-order valence-corrected chi connectivity index (χ3v) is 4.48. The Morgan fingerprint density at radius 2 is 1.72 bits per heavy atom. The zero-order valence-corrected chi connectivity index (χ0v) is 16.2. The molecule has 0 bridgehead atoms. The molecule has 3 nitrogen and oxygen atoms in total. The van der Waals surface area contributed by atoms with Crippen LogP contribution < -0.4 is 14.8 Å².